The summed E-state index contributed by atoms with van der Waals surface area (Å²) in [4.78, 5) is 6.07. The van der Waals surface area contributed by atoms with E-state index in [0.29, 0.717) is 18.7 Å². The van der Waals surface area contributed by atoms with Gasteiger partial charge in [-0.05, 0) is 31.2 Å². The molecule has 0 bridgehead atoms. The average Bonchev–Trinajstić information content (AvgIpc) is 3.16. The van der Waals surface area contributed by atoms with Crippen molar-refractivity contribution in [2.24, 2.45) is 5.16 Å². The molecule has 1 aliphatic rings. The van der Waals surface area contributed by atoms with Crippen molar-refractivity contribution in [1.82, 2.24) is 9.88 Å². The van der Waals surface area contributed by atoms with Crippen LogP contribution in [0, 0.1) is 5.82 Å². The molecule has 0 radical (unpaired) electrons. The molecular formula is C16H16FN3OS. The van der Waals surface area contributed by atoms with E-state index in [4.69, 9.17) is 17.1 Å². The third kappa shape index (κ3) is 3.17. The summed E-state index contributed by atoms with van der Waals surface area (Å²) in [5, 5.41) is 7.11. The monoisotopic (exact) mass is 317 g/mol. The first-order valence-electron chi connectivity index (χ1n) is 7.04. The van der Waals surface area contributed by atoms with Crippen molar-refractivity contribution in [1.29, 1.82) is 0 Å². The van der Waals surface area contributed by atoms with Crippen LogP contribution in [0.1, 0.15) is 18.9 Å². The maximum Gasteiger partial charge on any atom is 0.150 e. The van der Waals surface area contributed by atoms with Crippen LogP contribution in [-0.4, -0.2) is 27.9 Å². The van der Waals surface area contributed by atoms with Crippen LogP contribution in [0.3, 0.4) is 0 Å². The molecule has 0 spiro atoms. The predicted octanol–water partition coefficient (Wildman–Crippen LogP) is 3.05. The molecule has 1 aliphatic heterocycles. The van der Waals surface area contributed by atoms with E-state index in [1.54, 1.807) is 10.6 Å². The van der Waals surface area contributed by atoms with Gasteiger partial charge in [0.1, 0.15) is 11.9 Å². The van der Waals surface area contributed by atoms with Crippen molar-refractivity contribution in [3.8, 4) is 5.69 Å². The first kappa shape index (κ1) is 14.7. The molecule has 0 saturated carbocycles. The quantitative estimate of drug-likeness (QED) is 0.881. The van der Waals surface area contributed by atoms with Crippen LogP contribution >= 0.6 is 12.2 Å². The van der Waals surface area contributed by atoms with Gasteiger partial charge in [-0.3, -0.25) is 0 Å². The number of hydrogen-bond acceptors (Lipinski definition) is 3. The van der Waals surface area contributed by atoms with Gasteiger partial charge in [-0.1, -0.05) is 23.4 Å². The van der Waals surface area contributed by atoms with Crippen molar-refractivity contribution in [2.75, 3.05) is 6.54 Å². The van der Waals surface area contributed by atoms with Crippen molar-refractivity contribution in [3.63, 3.8) is 0 Å². The zero-order valence-electron chi connectivity index (χ0n) is 12.1. The summed E-state index contributed by atoms with van der Waals surface area (Å²) in [6.45, 7) is 2.42. The standard InChI is InChI=1S/C16H16FN3OS/c1-11(22)18-10-13-9-15(19-21-13)12-4-5-16(14(17)8-12)20-6-2-3-7-20/h2-8,13H,9-10H2,1H3,(H,18,22). The van der Waals surface area contributed by atoms with Gasteiger partial charge in [0.2, 0.25) is 0 Å². The second kappa shape index (κ2) is 6.27. The Hall–Kier alpha value is -2.21. The molecule has 1 aromatic carbocycles. The average molecular weight is 317 g/mol. The summed E-state index contributed by atoms with van der Waals surface area (Å²) in [6.07, 6.45) is 4.19. The highest BCUT2D eigenvalue weighted by Gasteiger charge is 2.22. The van der Waals surface area contributed by atoms with Crippen LogP contribution in [0.25, 0.3) is 5.69 Å². The van der Waals surface area contributed by atoms with E-state index in [9.17, 15) is 4.39 Å². The number of thiocarbonyl (C=S) groups is 1. The highest BCUT2D eigenvalue weighted by Crippen LogP contribution is 2.20. The van der Waals surface area contributed by atoms with Gasteiger partial charge < -0.3 is 14.7 Å². The van der Waals surface area contributed by atoms with Crippen LogP contribution in [0.4, 0.5) is 4.39 Å². The maximum atomic E-state index is 14.3. The smallest absolute Gasteiger partial charge is 0.150 e. The Balaban J connectivity index is 1.71. The third-order valence-corrected chi connectivity index (χ3v) is 3.62. The Kier molecular flexibility index (Phi) is 4.20. The number of benzene rings is 1. The lowest BCUT2D eigenvalue weighted by molar-refractivity contribution is 0.0887. The third-order valence-electron chi connectivity index (χ3n) is 3.48. The first-order valence-corrected chi connectivity index (χ1v) is 7.44. The van der Waals surface area contributed by atoms with Crippen LogP contribution in [0.5, 0.6) is 0 Å². The topological polar surface area (TPSA) is 38.5 Å². The molecule has 22 heavy (non-hydrogen) atoms. The molecular weight excluding hydrogens is 301 g/mol. The first-order chi connectivity index (χ1) is 10.6. The minimum atomic E-state index is -0.285. The van der Waals surface area contributed by atoms with E-state index < -0.39 is 0 Å². The molecule has 1 aromatic heterocycles. The molecule has 1 unspecified atom stereocenters. The number of rotatable bonds is 4. The summed E-state index contributed by atoms with van der Waals surface area (Å²) in [5.41, 5.74) is 2.02. The van der Waals surface area contributed by atoms with E-state index in [0.717, 1.165) is 16.3 Å². The summed E-state index contributed by atoms with van der Waals surface area (Å²) in [7, 11) is 0. The van der Waals surface area contributed by atoms with Gasteiger partial charge in [0.25, 0.3) is 0 Å². The molecule has 3 rings (SSSR count). The van der Waals surface area contributed by atoms with Gasteiger partial charge in [-0.25, -0.2) is 4.39 Å². The van der Waals surface area contributed by atoms with Crippen molar-refractivity contribution >= 4 is 22.9 Å². The lowest BCUT2D eigenvalue weighted by Gasteiger charge is -2.09. The van der Waals surface area contributed by atoms with Gasteiger partial charge in [-0.2, -0.15) is 0 Å². The van der Waals surface area contributed by atoms with Crippen LogP contribution in [0.2, 0.25) is 0 Å². The fraction of sp³-hybridized carbons (Fsp3) is 0.250. The Morgan fingerprint density at radius 1 is 1.45 bits per heavy atom. The number of aromatic nitrogens is 1. The maximum absolute atomic E-state index is 14.3. The fourth-order valence-electron chi connectivity index (χ4n) is 2.36. The van der Waals surface area contributed by atoms with Gasteiger partial charge in [0.05, 0.1) is 22.9 Å². The fourth-order valence-corrected chi connectivity index (χ4v) is 2.44. The molecule has 114 valence electrons. The summed E-state index contributed by atoms with van der Waals surface area (Å²) in [5.74, 6) is -0.285. The minimum Gasteiger partial charge on any atom is -0.390 e. The summed E-state index contributed by atoms with van der Waals surface area (Å²) < 4.78 is 16.0. The highest BCUT2D eigenvalue weighted by atomic mass is 32.1. The molecule has 0 saturated heterocycles. The number of halogens is 1. The lowest BCUT2D eigenvalue weighted by Crippen LogP contribution is -2.29. The zero-order valence-corrected chi connectivity index (χ0v) is 12.9. The molecule has 1 atom stereocenters. The molecule has 0 aliphatic carbocycles. The number of hydrogen-bond donors (Lipinski definition) is 1. The zero-order chi connectivity index (χ0) is 15.5. The van der Waals surface area contributed by atoms with Gasteiger partial charge in [-0.15, -0.1) is 0 Å². The van der Waals surface area contributed by atoms with Crippen molar-refractivity contribution in [2.45, 2.75) is 19.4 Å². The second-order valence-corrected chi connectivity index (χ2v) is 5.78. The van der Waals surface area contributed by atoms with Crippen LogP contribution < -0.4 is 5.32 Å². The molecule has 0 amide bonds. The Labute approximate surface area is 133 Å². The molecule has 1 N–H and O–H groups in total. The Morgan fingerprint density at radius 2 is 2.23 bits per heavy atom. The number of nitrogens with zero attached hydrogens (tertiary/aromatic N) is 2. The molecule has 2 heterocycles. The highest BCUT2D eigenvalue weighted by molar-refractivity contribution is 7.80. The molecule has 4 nitrogen and oxygen atoms in total. The van der Waals surface area contributed by atoms with Gasteiger partial charge in [0.15, 0.2) is 0 Å². The lowest BCUT2D eigenvalue weighted by atomic mass is 10.0. The SMILES string of the molecule is CC(=S)NCC1CC(c2ccc(-n3cccc3)c(F)c2)=NO1. The van der Waals surface area contributed by atoms with Crippen LogP contribution in [0.15, 0.2) is 47.9 Å². The Morgan fingerprint density at radius 3 is 2.91 bits per heavy atom. The van der Waals surface area contributed by atoms with E-state index in [2.05, 4.69) is 10.5 Å². The molecule has 2 aromatic rings. The number of nitrogens with one attached hydrogen (secondary N) is 1. The number of oxime groups is 1. The largest absolute Gasteiger partial charge is 0.390 e. The van der Waals surface area contributed by atoms with Gasteiger partial charge in [0, 0.05) is 24.4 Å². The molecule has 0 fully saturated rings. The van der Waals surface area contributed by atoms with E-state index >= 15 is 0 Å². The van der Waals surface area contributed by atoms with E-state index in [-0.39, 0.29) is 11.9 Å². The predicted molar refractivity (Wildman–Crippen MR) is 88.0 cm³/mol. The second-order valence-electron chi connectivity index (χ2n) is 5.16. The summed E-state index contributed by atoms with van der Waals surface area (Å²) >= 11 is 4.97. The van der Waals surface area contributed by atoms with E-state index in [1.807, 2.05) is 37.5 Å². The van der Waals surface area contributed by atoms with Gasteiger partial charge >= 0.3 is 0 Å². The van der Waals surface area contributed by atoms with E-state index in [1.165, 1.54) is 6.07 Å². The summed E-state index contributed by atoms with van der Waals surface area (Å²) in [6, 6.07) is 8.83. The Bertz CT molecular complexity index is 712. The molecule has 6 heteroatoms. The van der Waals surface area contributed by atoms with Crippen LogP contribution in [-0.2, 0) is 4.84 Å². The normalized spacial score (nSPS) is 17.0. The van der Waals surface area contributed by atoms with Crippen molar-refractivity contribution < 1.29 is 9.23 Å². The minimum absolute atomic E-state index is 0.0694. The van der Waals surface area contributed by atoms with Crippen molar-refractivity contribution in [3.05, 3.63) is 54.1 Å².